The first-order valence-corrected chi connectivity index (χ1v) is 8.92. The van der Waals surface area contributed by atoms with Gasteiger partial charge in [-0.15, -0.1) is 5.10 Å². The van der Waals surface area contributed by atoms with Crippen molar-refractivity contribution in [2.75, 3.05) is 6.54 Å². The SMILES string of the molecule is Cn1c(-c2cccc(C(F)(F)F)c2)nn(CCNC(=O)c2ccc([N+](=O)[O-])cc2)c1=O. The number of hydrogen-bond donors (Lipinski definition) is 1. The summed E-state index contributed by atoms with van der Waals surface area (Å²) in [5, 5.41) is 17.3. The topological polar surface area (TPSA) is 112 Å². The molecule has 162 valence electrons. The minimum atomic E-state index is -4.53. The number of carbonyl (C=O) groups excluding carboxylic acids is 1. The molecule has 3 rings (SSSR count). The molecule has 3 aromatic rings. The highest BCUT2D eigenvalue weighted by molar-refractivity contribution is 5.94. The van der Waals surface area contributed by atoms with Gasteiger partial charge < -0.3 is 5.32 Å². The van der Waals surface area contributed by atoms with Crippen molar-refractivity contribution in [2.24, 2.45) is 7.05 Å². The van der Waals surface area contributed by atoms with E-state index in [0.29, 0.717) is 0 Å². The predicted molar refractivity (Wildman–Crippen MR) is 103 cm³/mol. The van der Waals surface area contributed by atoms with Crippen LogP contribution in [0.15, 0.2) is 53.3 Å². The number of nitrogens with one attached hydrogen (secondary N) is 1. The van der Waals surface area contributed by atoms with E-state index in [1.807, 2.05) is 0 Å². The molecule has 0 fully saturated rings. The van der Waals surface area contributed by atoms with E-state index in [1.165, 1.54) is 43.4 Å². The zero-order valence-corrected chi connectivity index (χ0v) is 16.1. The van der Waals surface area contributed by atoms with Gasteiger partial charge in [-0.1, -0.05) is 12.1 Å². The van der Waals surface area contributed by atoms with Crippen LogP contribution in [0.2, 0.25) is 0 Å². The van der Waals surface area contributed by atoms with Gasteiger partial charge >= 0.3 is 11.9 Å². The molecule has 0 aliphatic rings. The van der Waals surface area contributed by atoms with Crippen LogP contribution in [0.25, 0.3) is 11.4 Å². The normalized spacial score (nSPS) is 11.4. The lowest BCUT2D eigenvalue weighted by Crippen LogP contribution is -2.31. The van der Waals surface area contributed by atoms with Gasteiger partial charge in [0.2, 0.25) is 0 Å². The highest BCUT2D eigenvalue weighted by Crippen LogP contribution is 2.31. The second-order valence-electron chi connectivity index (χ2n) is 6.53. The van der Waals surface area contributed by atoms with Gasteiger partial charge in [0, 0.05) is 36.9 Å². The molecule has 12 heteroatoms. The van der Waals surface area contributed by atoms with Crippen molar-refractivity contribution in [1.29, 1.82) is 0 Å². The van der Waals surface area contributed by atoms with Crippen LogP contribution in [0.4, 0.5) is 18.9 Å². The minimum Gasteiger partial charge on any atom is -0.350 e. The van der Waals surface area contributed by atoms with Crippen LogP contribution < -0.4 is 11.0 Å². The van der Waals surface area contributed by atoms with Crippen LogP contribution in [-0.4, -0.2) is 31.7 Å². The number of hydrogen-bond acceptors (Lipinski definition) is 5. The third kappa shape index (κ3) is 4.79. The summed E-state index contributed by atoms with van der Waals surface area (Å²) >= 11 is 0. The van der Waals surface area contributed by atoms with Gasteiger partial charge in [0.25, 0.3) is 11.6 Å². The van der Waals surface area contributed by atoms with Crippen molar-refractivity contribution in [3.05, 3.63) is 80.3 Å². The van der Waals surface area contributed by atoms with Gasteiger partial charge in [-0.25, -0.2) is 9.48 Å². The summed E-state index contributed by atoms with van der Waals surface area (Å²) in [5.74, 6) is -0.449. The van der Waals surface area contributed by atoms with Crippen molar-refractivity contribution in [3.63, 3.8) is 0 Å². The number of rotatable bonds is 6. The lowest BCUT2D eigenvalue weighted by molar-refractivity contribution is -0.384. The van der Waals surface area contributed by atoms with Gasteiger partial charge in [-0.3, -0.25) is 19.5 Å². The molecule has 0 atom stereocenters. The number of nitro benzene ring substituents is 1. The number of carbonyl (C=O) groups is 1. The van der Waals surface area contributed by atoms with E-state index < -0.39 is 28.3 Å². The Kier molecular flexibility index (Phi) is 5.90. The van der Waals surface area contributed by atoms with Gasteiger partial charge in [0.15, 0.2) is 5.82 Å². The molecule has 0 aliphatic heterocycles. The molecular weight excluding hydrogens is 419 g/mol. The second-order valence-corrected chi connectivity index (χ2v) is 6.53. The maximum Gasteiger partial charge on any atom is 0.416 e. The maximum atomic E-state index is 12.9. The van der Waals surface area contributed by atoms with E-state index in [9.17, 15) is 32.9 Å². The number of halogens is 3. The summed E-state index contributed by atoms with van der Waals surface area (Å²) in [6.45, 7) is -0.0148. The highest BCUT2D eigenvalue weighted by Gasteiger charge is 2.31. The number of aromatic nitrogens is 3. The average molecular weight is 435 g/mol. The average Bonchev–Trinajstić information content (AvgIpc) is 3.02. The molecule has 1 N–H and O–H groups in total. The number of nitrogens with zero attached hydrogens (tertiary/aromatic N) is 4. The largest absolute Gasteiger partial charge is 0.416 e. The number of non-ortho nitro benzene ring substituents is 1. The smallest absolute Gasteiger partial charge is 0.350 e. The van der Waals surface area contributed by atoms with Gasteiger partial charge in [-0.2, -0.15) is 13.2 Å². The summed E-state index contributed by atoms with van der Waals surface area (Å²) in [6, 6.07) is 9.45. The van der Waals surface area contributed by atoms with Crippen LogP contribution in [0, 0.1) is 10.1 Å². The molecular formula is C19H16F3N5O4. The van der Waals surface area contributed by atoms with E-state index in [0.717, 1.165) is 21.4 Å². The van der Waals surface area contributed by atoms with Crippen molar-refractivity contribution < 1.29 is 22.9 Å². The Morgan fingerprint density at radius 3 is 2.48 bits per heavy atom. The molecule has 9 nitrogen and oxygen atoms in total. The Hall–Kier alpha value is -3.96. The lowest BCUT2D eigenvalue weighted by atomic mass is 10.1. The van der Waals surface area contributed by atoms with Crippen LogP contribution in [0.1, 0.15) is 15.9 Å². The summed E-state index contributed by atoms with van der Waals surface area (Å²) in [7, 11) is 1.39. The maximum absolute atomic E-state index is 12.9. The summed E-state index contributed by atoms with van der Waals surface area (Å²) in [4.78, 5) is 34.5. The molecule has 2 aromatic carbocycles. The number of benzene rings is 2. The zero-order valence-electron chi connectivity index (χ0n) is 16.1. The van der Waals surface area contributed by atoms with Crippen molar-refractivity contribution in [2.45, 2.75) is 12.7 Å². The molecule has 31 heavy (non-hydrogen) atoms. The van der Waals surface area contributed by atoms with Crippen LogP contribution in [-0.2, 0) is 19.8 Å². The third-order valence-corrected chi connectivity index (χ3v) is 4.44. The lowest BCUT2D eigenvalue weighted by Gasteiger charge is -2.08. The molecule has 0 aliphatic carbocycles. The first kappa shape index (κ1) is 21.7. The van der Waals surface area contributed by atoms with Crippen molar-refractivity contribution in [3.8, 4) is 11.4 Å². The van der Waals surface area contributed by atoms with Gasteiger partial charge in [-0.05, 0) is 24.3 Å². The molecule has 0 saturated heterocycles. The van der Waals surface area contributed by atoms with Crippen molar-refractivity contribution in [1.82, 2.24) is 19.7 Å². The van der Waals surface area contributed by atoms with E-state index in [1.54, 1.807) is 0 Å². The van der Waals surface area contributed by atoms with E-state index in [2.05, 4.69) is 10.4 Å². The first-order valence-electron chi connectivity index (χ1n) is 8.92. The van der Waals surface area contributed by atoms with Crippen LogP contribution >= 0.6 is 0 Å². The van der Waals surface area contributed by atoms with Gasteiger partial charge in [0.1, 0.15) is 0 Å². The Bertz CT molecular complexity index is 1180. The number of nitro groups is 1. The van der Waals surface area contributed by atoms with Crippen LogP contribution in [0.3, 0.4) is 0 Å². The monoisotopic (exact) mass is 435 g/mol. The Labute approximate surface area is 172 Å². The molecule has 0 unspecified atom stereocenters. The van der Waals surface area contributed by atoms with Gasteiger partial charge in [0.05, 0.1) is 17.0 Å². The molecule has 0 bridgehead atoms. The van der Waals surface area contributed by atoms with E-state index >= 15 is 0 Å². The molecule has 1 amide bonds. The summed E-state index contributed by atoms with van der Waals surface area (Å²) in [6.07, 6.45) is -4.53. The Morgan fingerprint density at radius 2 is 1.87 bits per heavy atom. The molecule has 0 radical (unpaired) electrons. The fraction of sp³-hybridized carbons (Fsp3) is 0.211. The molecule has 0 saturated carbocycles. The second kappa shape index (κ2) is 8.42. The quantitative estimate of drug-likeness (QED) is 0.473. The van der Waals surface area contributed by atoms with E-state index in [-0.39, 0.29) is 35.7 Å². The third-order valence-electron chi connectivity index (χ3n) is 4.44. The van der Waals surface area contributed by atoms with Crippen molar-refractivity contribution >= 4 is 11.6 Å². The minimum absolute atomic E-state index is 0.00870. The predicted octanol–water partition coefficient (Wildman–Crippen LogP) is 2.61. The number of alkyl halides is 3. The summed E-state index contributed by atoms with van der Waals surface area (Å²) < 4.78 is 41.0. The first-order chi connectivity index (χ1) is 14.6. The van der Waals surface area contributed by atoms with Crippen LogP contribution in [0.5, 0.6) is 0 Å². The zero-order chi connectivity index (χ0) is 22.8. The molecule has 1 aromatic heterocycles. The standard InChI is InChI=1S/C19H16F3N5O4/c1-25-16(13-3-2-4-14(11-13)19(20,21)22)24-26(18(25)29)10-9-23-17(28)12-5-7-15(8-6-12)27(30)31/h2-8,11H,9-10H2,1H3,(H,23,28). The van der Waals surface area contributed by atoms with E-state index in [4.69, 9.17) is 0 Å². The fourth-order valence-electron chi connectivity index (χ4n) is 2.83. The molecule has 0 spiro atoms. The highest BCUT2D eigenvalue weighted by atomic mass is 19.4. The molecule has 1 heterocycles. The Morgan fingerprint density at radius 1 is 1.19 bits per heavy atom. The summed E-state index contributed by atoms with van der Waals surface area (Å²) in [5.41, 5.74) is -1.25. The number of amides is 1. The fourth-order valence-corrected chi connectivity index (χ4v) is 2.83. The Balaban J connectivity index is 1.70.